The van der Waals surface area contributed by atoms with Crippen molar-refractivity contribution in [1.29, 1.82) is 0 Å². The molecule has 0 spiro atoms. The van der Waals surface area contributed by atoms with Gasteiger partial charge < -0.3 is 5.32 Å². The van der Waals surface area contributed by atoms with Gasteiger partial charge in [-0.15, -0.1) is 0 Å². The Bertz CT molecular complexity index is 199. The summed E-state index contributed by atoms with van der Waals surface area (Å²) in [6.07, 6.45) is 3.00. The largest absolute Gasteiger partial charge is 0.353 e. The van der Waals surface area contributed by atoms with E-state index >= 15 is 0 Å². The molecule has 2 nitrogen and oxygen atoms in total. The summed E-state index contributed by atoms with van der Waals surface area (Å²) >= 11 is 0. The first kappa shape index (κ1) is 15.5. The van der Waals surface area contributed by atoms with E-state index in [9.17, 15) is 4.79 Å². The van der Waals surface area contributed by atoms with Gasteiger partial charge in [0.1, 0.15) is 0 Å². The first-order chi connectivity index (χ1) is 7.36. The lowest BCUT2D eigenvalue weighted by Gasteiger charge is -2.21. The van der Waals surface area contributed by atoms with Gasteiger partial charge in [-0.25, -0.2) is 0 Å². The maximum atomic E-state index is 12.0. The van der Waals surface area contributed by atoms with Crippen LogP contribution in [-0.4, -0.2) is 11.9 Å². The zero-order valence-corrected chi connectivity index (χ0v) is 11.8. The van der Waals surface area contributed by atoms with Gasteiger partial charge in [-0.3, -0.25) is 4.79 Å². The van der Waals surface area contributed by atoms with E-state index < -0.39 is 0 Å². The summed E-state index contributed by atoms with van der Waals surface area (Å²) < 4.78 is 0. The Morgan fingerprint density at radius 2 is 1.50 bits per heavy atom. The first-order valence-corrected chi connectivity index (χ1v) is 6.67. The van der Waals surface area contributed by atoms with Crippen LogP contribution in [0.4, 0.5) is 0 Å². The van der Waals surface area contributed by atoms with Gasteiger partial charge in [0, 0.05) is 12.0 Å². The standard InChI is InChI=1S/C14H29NO/c1-7-13(9-11(4)5)14(16)15-12(6)8-10(2)3/h10-13H,7-9H2,1-6H3,(H,15,16)/t12-,13?/m1/s1. The Balaban J connectivity index is 4.10. The number of hydrogen-bond donors (Lipinski definition) is 1. The van der Waals surface area contributed by atoms with Crippen LogP contribution in [0.2, 0.25) is 0 Å². The highest BCUT2D eigenvalue weighted by molar-refractivity contribution is 5.78. The molecule has 0 saturated heterocycles. The molecule has 2 atom stereocenters. The summed E-state index contributed by atoms with van der Waals surface area (Å²) in [7, 11) is 0. The lowest BCUT2D eigenvalue weighted by atomic mass is 9.93. The fourth-order valence-corrected chi connectivity index (χ4v) is 2.15. The quantitative estimate of drug-likeness (QED) is 0.707. The minimum Gasteiger partial charge on any atom is -0.353 e. The first-order valence-electron chi connectivity index (χ1n) is 6.67. The van der Waals surface area contributed by atoms with Crippen molar-refractivity contribution in [2.45, 2.75) is 66.8 Å². The second-order valence-corrected chi connectivity index (χ2v) is 5.77. The van der Waals surface area contributed by atoms with Crippen LogP contribution in [0.5, 0.6) is 0 Å². The van der Waals surface area contributed by atoms with Gasteiger partial charge in [0.05, 0.1) is 0 Å². The molecule has 16 heavy (non-hydrogen) atoms. The van der Waals surface area contributed by atoms with Crippen LogP contribution in [0.15, 0.2) is 0 Å². The average molecular weight is 227 g/mol. The van der Waals surface area contributed by atoms with Crippen molar-refractivity contribution < 1.29 is 4.79 Å². The van der Waals surface area contributed by atoms with Crippen LogP contribution < -0.4 is 5.32 Å². The topological polar surface area (TPSA) is 29.1 Å². The van der Waals surface area contributed by atoms with Crippen LogP contribution in [-0.2, 0) is 4.79 Å². The fourth-order valence-electron chi connectivity index (χ4n) is 2.15. The van der Waals surface area contributed by atoms with E-state index in [0.29, 0.717) is 17.9 Å². The third-order valence-corrected chi connectivity index (χ3v) is 2.83. The monoisotopic (exact) mass is 227 g/mol. The Labute approximate surface area is 101 Å². The second-order valence-electron chi connectivity index (χ2n) is 5.77. The molecular weight excluding hydrogens is 198 g/mol. The summed E-state index contributed by atoms with van der Waals surface area (Å²) in [5.41, 5.74) is 0. The fraction of sp³-hybridized carbons (Fsp3) is 0.929. The molecule has 0 aromatic rings. The lowest BCUT2D eigenvalue weighted by molar-refractivity contribution is -0.126. The molecule has 0 rings (SSSR count). The van der Waals surface area contributed by atoms with Crippen molar-refractivity contribution in [2.75, 3.05) is 0 Å². The molecule has 0 saturated carbocycles. The molecular formula is C14H29NO. The highest BCUT2D eigenvalue weighted by Crippen LogP contribution is 2.16. The summed E-state index contributed by atoms with van der Waals surface area (Å²) in [4.78, 5) is 12.0. The van der Waals surface area contributed by atoms with Crippen LogP contribution in [0.3, 0.4) is 0 Å². The number of hydrogen-bond acceptors (Lipinski definition) is 1. The second kappa shape index (κ2) is 7.70. The van der Waals surface area contributed by atoms with E-state index in [2.05, 4.69) is 46.9 Å². The van der Waals surface area contributed by atoms with Gasteiger partial charge in [-0.2, -0.15) is 0 Å². The minimum absolute atomic E-state index is 0.189. The molecule has 0 aromatic carbocycles. The number of nitrogens with one attached hydrogen (secondary N) is 1. The zero-order chi connectivity index (χ0) is 12.7. The van der Waals surface area contributed by atoms with Crippen molar-refractivity contribution in [3.8, 4) is 0 Å². The van der Waals surface area contributed by atoms with Gasteiger partial charge in [-0.05, 0) is 38.0 Å². The predicted octanol–water partition coefficient (Wildman–Crippen LogP) is 3.61. The normalized spacial score (nSPS) is 15.2. The predicted molar refractivity (Wildman–Crippen MR) is 70.3 cm³/mol. The molecule has 0 radical (unpaired) electrons. The number of carbonyl (C=O) groups is 1. The third kappa shape index (κ3) is 6.86. The molecule has 0 aliphatic heterocycles. The Morgan fingerprint density at radius 1 is 1.00 bits per heavy atom. The molecule has 1 unspecified atom stereocenters. The van der Waals surface area contributed by atoms with Crippen molar-refractivity contribution in [3.63, 3.8) is 0 Å². The van der Waals surface area contributed by atoms with Gasteiger partial charge in [0.25, 0.3) is 0 Å². The van der Waals surface area contributed by atoms with Gasteiger partial charge in [0.15, 0.2) is 0 Å². The Hall–Kier alpha value is -0.530. The SMILES string of the molecule is CCC(CC(C)C)C(=O)N[C@H](C)CC(C)C. The van der Waals surface area contributed by atoms with Crippen LogP contribution in [0.1, 0.15) is 60.8 Å². The number of rotatable bonds is 7. The van der Waals surface area contributed by atoms with Gasteiger partial charge in [-0.1, -0.05) is 34.6 Å². The van der Waals surface area contributed by atoms with Gasteiger partial charge in [0.2, 0.25) is 5.91 Å². The summed E-state index contributed by atoms with van der Waals surface area (Å²) in [5.74, 6) is 1.66. The summed E-state index contributed by atoms with van der Waals surface area (Å²) in [5, 5.41) is 3.13. The molecule has 0 aliphatic rings. The Kier molecular flexibility index (Phi) is 7.44. The van der Waals surface area contributed by atoms with E-state index in [1.807, 2.05) is 0 Å². The minimum atomic E-state index is 0.189. The van der Waals surface area contributed by atoms with E-state index in [0.717, 1.165) is 19.3 Å². The van der Waals surface area contributed by atoms with E-state index in [4.69, 9.17) is 0 Å². The molecule has 0 aromatic heterocycles. The number of amides is 1. The lowest BCUT2D eigenvalue weighted by Crippen LogP contribution is -2.38. The molecule has 1 amide bonds. The van der Waals surface area contributed by atoms with E-state index in [1.54, 1.807) is 0 Å². The highest BCUT2D eigenvalue weighted by Gasteiger charge is 2.19. The number of carbonyl (C=O) groups excluding carboxylic acids is 1. The summed E-state index contributed by atoms with van der Waals surface area (Å²) in [6, 6.07) is 0.300. The third-order valence-electron chi connectivity index (χ3n) is 2.83. The van der Waals surface area contributed by atoms with Crippen LogP contribution in [0, 0.1) is 17.8 Å². The van der Waals surface area contributed by atoms with Gasteiger partial charge >= 0.3 is 0 Å². The van der Waals surface area contributed by atoms with E-state index in [-0.39, 0.29) is 11.8 Å². The van der Waals surface area contributed by atoms with Crippen molar-refractivity contribution >= 4 is 5.91 Å². The van der Waals surface area contributed by atoms with E-state index in [1.165, 1.54) is 0 Å². The molecule has 0 bridgehead atoms. The van der Waals surface area contributed by atoms with Crippen molar-refractivity contribution in [1.82, 2.24) is 5.32 Å². The zero-order valence-electron chi connectivity index (χ0n) is 11.8. The Morgan fingerprint density at radius 3 is 1.88 bits per heavy atom. The average Bonchev–Trinajstić information content (AvgIpc) is 2.11. The van der Waals surface area contributed by atoms with Crippen molar-refractivity contribution in [3.05, 3.63) is 0 Å². The molecule has 1 N–H and O–H groups in total. The van der Waals surface area contributed by atoms with Crippen molar-refractivity contribution in [2.24, 2.45) is 17.8 Å². The maximum absolute atomic E-state index is 12.0. The smallest absolute Gasteiger partial charge is 0.223 e. The molecule has 0 fully saturated rings. The summed E-state index contributed by atoms with van der Waals surface area (Å²) in [6.45, 7) is 12.9. The molecule has 96 valence electrons. The van der Waals surface area contributed by atoms with Crippen LogP contribution in [0.25, 0.3) is 0 Å². The molecule has 0 heterocycles. The maximum Gasteiger partial charge on any atom is 0.223 e. The molecule has 2 heteroatoms. The molecule has 0 aliphatic carbocycles. The highest BCUT2D eigenvalue weighted by atomic mass is 16.1. The van der Waals surface area contributed by atoms with Crippen LogP contribution >= 0.6 is 0 Å².